The van der Waals surface area contributed by atoms with Gasteiger partial charge in [-0.15, -0.1) is 0 Å². The van der Waals surface area contributed by atoms with E-state index in [4.69, 9.17) is 4.74 Å². The summed E-state index contributed by atoms with van der Waals surface area (Å²) in [5, 5.41) is 16.7. The number of hydrogen-bond acceptors (Lipinski definition) is 9. The molecule has 0 aliphatic carbocycles. The summed E-state index contributed by atoms with van der Waals surface area (Å²) in [5.74, 6) is 0.786. The van der Waals surface area contributed by atoms with Gasteiger partial charge >= 0.3 is 0 Å². The first-order valence-corrected chi connectivity index (χ1v) is 13.9. The Hall–Kier alpha value is -3.71. The summed E-state index contributed by atoms with van der Waals surface area (Å²) in [5.41, 5.74) is 5.39. The molecular formula is C31H40N6O3. The number of carbonyl (C=O) groups is 2. The van der Waals surface area contributed by atoms with Crippen LogP contribution in [0.2, 0.25) is 0 Å². The molecule has 0 spiro atoms. The van der Waals surface area contributed by atoms with E-state index in [0.717, 1.165) is 74.3 Å². The lowest BCUT2D eigenvalue weighted by molar-refractivity contribution is -0.108. The Kier molecular flexibility index (Phi) is 9.93. The van der Waals surface area contributed by atoms with Crippen molar-refractivity contribution in [2.24, 2.45) is 0 Å². The van der Waals surface area contributed by atoms with Gasteiger partial charge in [-0.3, -0.25) is 19.6 Å². The molecule has 2 aliphatic rings. The number of aldehydes is 2. The van der Waals surface area contributed by atoms with E-state index >= 15 is 0 Å². The molecule has 0 saturated carbocycles. The quantitative estimate of drug-likeness (QED) is 0.377. The summed E-state index contributed by atoms with van der Waals surface area (Å²) in [4.78, 5) is 27.0. The molecular weight excluding hydrogens is 504 g/mol. The van der Waals surface area contributed by atoms with Crippen molar-refractivity contribution in [1.82, 2.24) is 14.8 Å². The fourth-order valence-electron chi connectivity index (χ4n) is 5.40. The molecule has 40 heavy (non-hydrogen) atoms. The highest BCUT2D eigenvalue weighted by molar-refractivity contribution is 5.77. The molecule has 9 nitrogen and oxygen atoms in total. The van der Waals surface area contributed by atoms with Crippen molar-refractivity contribution < 1.29 is 14.3 Å². The zero-order valence-corrected chi connectivity index (χ0v) is 24.0. The molecule has 212 valence electrons. The van der Waals surface area contributed by atoms with Gasteiger partial charge < -0.3 is 14.8 Å². The number of hydrogen-bond donors (Lipinski definition) is 1. The van der Waals surface area contributed by atoms with Gasteiger partial charge in [-0.05, 0) is 74.3 Å². The maximum atomic E-state index is 11.7. The number of nitriles is 1. The lowest BCUT2D eigenvalue weighted by Crippen LogP contribution is -2.32. The van der Waals surface area contributed by atoms with E-state index in [9.17, 15) is 14.9 Å². The number of anilines is 2. The van der Waals surface area contributed by atoms with Crippen molar-refractivity contribution in [3.8, 4) is 11.8 Å². The molecule has 0 aromatic heterocycles. The molecule has 1 fully saturated rings. The maximum absolute atomic E-state index is 11.7. The molecule has 2 heterocycles. The minimum Gasteiger partial charge on any atom is -0.489 e. The van der Waals surface area contributed by atoms with Gasteiger partial charge in [-0.1, -0.05) is 0 Å². The van der Waals surface area contributed by atoms with Gasteiger partial charge in [0, 0.05) is 71.0 Å². The number of rotatable bonds is 13. The predicted octanol–water partition coefficient (Wildman–Crippen LogP) is 3.92. The largest absolute Gasteiger partial charge is 0.489 e. The maximum Gasteiger partial charge on any atom is 0.150 e. The summed E-state index contributed by atoms with van der Waals surface area (Å²) in [7, 11) is 5.91. The normalized spacial score (nSPS) is 18.4. The number of hydrazine groups is 1. The fraction of sp³-hybridized carbons (Fsp3) is 0.452. The first kappa shape index (κ1) is 29.3. The number of nitrogens with one attached hydrogen (secondary N) is 1. The first-order valence-electron chi connectivity index (χ1n) is 13.9. The third-order valence-corrected chi connectivity index (χ3v) is 7.84. The smallest absolute Gasteiger partial charge is 0.150 e. The number of carbonyl (C=O) groups excluding carboxylic acids is 2. The van der Waals surface area contributed by atoms with Gasteiger partial charge in [0.05, 0.1) is 16.9 Å². The Labute approximate surface area is 237 Å². The van der Waals surface area contributed by atoms with Crippen LogP contribution < -0.4 is 15.1 Å². The standard InChI is InChI=1S/C31H40N6O3/c1-23(6-5-13-38)34(3)20-27-14-29(10-8-26(27)22-39)40-30-11-12-36(21-30)18-24-17-35(4)37(19-24)28-9-7-25(16-32)31(15-28)33-2/h7-10,13-15,19,22-23,30,33H,5-6,11-12,17-18,20-21H2,1-4H3/t23?,30-/m0/s1. The highest BCUT2D eigenvalue weighted by Gasteiger charge is 2.28. The first-order chi connectivity index (χ1) is 19.3. The average molecular weight is 545 g/mol. The van der Waals surface area contributed by atoms with E-state index in [-0.39, 0.29) is 12.1 Å². The lowest BCUT2D eigenvalue weighted by atomic mass is 10.1. The molecule has 1 unspecified atom stereocenters. The second-order valence-electron chi connectivity index (χ2n) is 10.8. The van der Waals surface area contributed by atoms with Crippen molar-refractivity contribution in [2.75, 3.05) is 57.6 Å². The number of likely N-dealkylation sites (tertiary alicyclic amines) is 1. The molecule has 1 N–H and O–H groups in total. The third kappa shape index (κ3) is 7.07. The van der Waals surface area contributed by atoms with Crippen molar-refractivity contribution in [1.29, 1.82) is 5.26 Å². The highest BCUT2D eigenvalue weighted by atomic mass is 16.5. The second-order valence-corrected chi connectivity index (χ2v) is 10.8. The molecule has 0 radical (unpaired) electrons. The minimum atomic E-state index is 0.0896. The van der Waals surface area contributed by atoms with Crippen LogP contribution in [0.4, 0.5) is 11.4 Å². The van der Waals surface area contributed by atoms with Gasteiger partial charge in [0.1, 0.15) is 30.5 Å². The molecule has 2 aromatic rings. The van der Waals surface area contributed by atoms with Crippen LogP contribution in [-0.2, 0) is 11.3 Å². The Morgan fingerprint density at radius 3 is 2.80 bits per heavy atom. The number of likely N-dealkylation sites (N-methyl/N-ethyl adjacent to an activating group) is 1. The summed E-state index contributed by atoms with van der Waals surface area (Å²) in [6.07, 6.45) is 6.39. The van der Waals surface area contributed by atoms with E-state index in [0.29, 0.717) is 24.1 Å². The van der Waals surface area contributed by atoms with Crippen LogP contribution in [0.15, 0.2) is 48.2 Å². The van der Waals surface area contributed by atoms with Crippen molar-refractivity contribution >= 4 is 23.9 Å². The molecule has 2 atom stereocenters. The summed E-state index contributed by atoms with van der Waals surface area (Å²) < 4.78 is 6.38. The van der Waals surface area contributed by atoms with Crippen LogP contribution in [0.5, 0.6) is 5.75 Å². The Morgan fingerprint density at radius 1 is 1.25 bits per heavy atom. The van der Waals surface area contributed by atoms with Gasteiger partial charge in [0.25, 0.3) is 0 Å². The lowest BCUT2D eigenvalue weighted by Gasteiger charge is -2.25. The number of benzene rings is 2. The summed E-state index contributed by atoms with van der Waals surface area (Å²) in [6, 6.07) is 14.0. The van der Waals surface area contributed by atoms with Crippen molar-refractivity contribution in [3.63, 3.8) is 0 Å². The average Bonchev–Trinajstić information content (AvgIpc) is 3.56. The van der Waals surface area contributed by atoms with Crippen LogP contribution in [0, 0.1) is 11.3 Å². The Morgan fingerprint density at radius 2 is 2.08 bits per heavy atom. The fourth-order valence-corrected chi connectivity index (χ4v) is 5.40. The van der Waals surface area contributed by atoms with Gasteiger partial charge in [-0.25, -0.2) is 5.01 Å². The molecule has 0 amide bonds. The monoisotopic (exact) mass is 544 g/mol. The van der Waals surface area contributed by atoms with E-state index in [1.807, 2.05) is 50.5 Å². The molecule has 2 aromatic carbocycles. The second kappa shape index (κ2) is 13.6. The zero-order chi connectivity index (χ0) is 28.6. The molecule has 1 saturated heterocycles. The van der Waals surface area contributed by atoms with E-state index in [1.165, 1.54) is 5.57 Å². The molecule has 0 bridgehead atoms. The number of ether oxygens (including phenoxy) is 1. The van der Waals surface area contributed by atoms with E-state index < -0.39 is 0 Å². The van der Waals surface area contributed by atoms with Crippen LogP contribution in [-0.4, -0.2) is 86.8 Å². The summed E-state index contributed by atoms with van der Waals surface area (Å²) >= 11 is 0. The van der Waals surface area contributed by atoms with Crippen LogP contribution in [0.1, 0.15) is 47.7 Å². The minimum absolute atomic E-state index is 0.0896. The SMILES string of the molecule is CNc1cc(N2C=C(CN3CC[C@H](Oc4ccc(C=O)c(CN(C)C(C)CCC=O)c4)C3)CN2C)ccc1C#N. The Balaban J connectivity index is 1.35. The predicted molar refractivity (Wildman–Crippen MR) is 157 cm³/mol. The van der Waals surface area contributed by atoms with Crippen LogP contribution >= 0.6 is 0 Å². The van der Waals surface area contributed by atoms with Crippen LogP contribution in [0.3, 0.4) is 0 Å². The highest BCUT2D eigenvalue weighted by Crippen LogP contribution is 2.29. The van der Waals surface area contributed by atoms with E-state index in [2.05, 4.69) is 51.4 Å². The van der Waals surface area contributed by atoms with E-state index in [1.54, 1.807) is 0 Å². The Bertz CT molecular complexity index is 1270. The number of nitrogens with zero attached hydrogens (tertiary/aromatic N) is 5. The van der Waals surface area contributed by atoms with Gasteiger partial charge in [-0.2, -0.15) is 5.26 Å². The summed E-state index contributed by atoms with van der Waals surface area (Å²) in [6.45, 7) is 6.23. The topological polar surface area (TPSA) is 92.2 Å². The molecule has 2 aliphatic heterocycles. The van der Waals surface area contributed by atoms with Gasteiger partial charge in [0.2, 0.25) is 0 Å². The molecule has 4 rings (SSSR count). The van der Waals surface area contributed by atoms with Crippen molar-refractivity contribution in [3.05, 3.63) is 64.9 Å². The zero-order valence-electron chi connectivity index (χ0n) is 24.0. The molecule has 9 heteroatoms. The van der Waals surface area contributed by atoms with Crippen molar-refractivity contribution in [2.45, 2.75) is 44.9 Å². The third-order valence-electron chi connectivity index (χ3n) is 7.84. The van der Waals surface area contributed by atoms with Crippen LogP contribution in [0.25, 0.3) is 0 Å². The van der Waals surface area contributed by atoms with Gasteiger partial charge in [0.15, 0.2) is 0 Å².